The highest BCUT2D eigenvalue weighted by Crippen LogP contribution is 2.31. The summed E-state index contributed by atoms with van der Waals surface area (Å²) in [5, 5.41) is 15.1. The Hall–Kier alpha value is -2.37. The highest BCUT2D eigenvalue weighted by molar-refractivity contribution is 5.94. The van der Waals surface area contributed by atoms with Crippen molar-refractivity contribution in [1.29, 1.82) is 0 Å². The van der Waals surface area contributed by atoms with Gasteiger partial charge in [-0.1, -0.05) is 18.6 Å². The Morgan fingerprint density at radius 2 is 1.62 bits per heavy atom. The van der Waals surface area contributed by atoms with Gasteiger partial charge in [-0.05, 0) is 56.7 Å². The number of hydrogen-bond donors (Lipinski definition) is 3. The average molecular weight is 358 g/mol. The van der Waals surface area contributed by atoms with Crippen LogP contribution in [0.3, 0.4) is 0 Å². The molecule has 0 bridgehead atoms. The fourth-order valence-corrected chi connectivity index (χ4v) is 3.51. The molecule has 2 aliphatic rings. The zero-order chi connectivity index (χ0) is 18.7. The topological polar surface area (TPSA) is 95.5 Å². The molecule has 0 aromatic heterocycles. The normalized spacial score (nSPS) is 23.7. The van der Waals surface area contributed by atoms with Gasteiger partial charge < -0.3 is 15.7 Å². The van der Waals surface area contributed by atoms with Gasteiger partial charge in [0.1, 0.15) is 0 Å². The lowest BCUT2D eigenvalue weighted by Crippen LogP contribution is -2.36. The number of nitrogens with one attached hydrogen (secondary N) is 2. The third-order valence-electron chi connectivity index (χ3n) is 5.38. The molecule has 26 heavy (non-hydrogen) atoms. The molecule has 3 rings (SSSR count). The van der Waals surface area contributed by atoms with Crippen LogP contribution in [0.2, 0.25) is 0 Å². The van der Waals surface area contributed by atoms with E-state index in [4.69, 9.17) is 5.11 Å². The van der Waals surface area contributed by atoms with Crippen LogP contribution in [0, 0.1) is 17.8 Å². The Balaban J connectivity index is 1.53. The van der Waals surface area contributed by atoms with E-state index in [1.807, 2.05) is 31.2 Å². The minimum Gasteiger partial charge on any atom is -0.481 e. The van der Waals surface area contributed by atoms with Crippen molar-refractivity contribution in [3.05, 3.63) is 29.8 Å². The van der Waals surface area contributed by atoms with Crippen LogP contribution in [0.15, 0.2) is 24.3 Å². The molecule has 6 heteroatoms. The van der Waals surface area contributed by atoms with Crippen molar-refractivity contribution in [2.45, 2.75) is 51.5 Å². The van der Waals surface area contributed by atoms with Crippen molar-refractivity contribution in [1.82, 2.24) is 5.32 Å². The fraction of sp³-hybridized carbons (Fsp3) is 0.550. The summed E-state index contributed by atoms with van der Waals surface area (Å²) < 4.78 is 0. The summed E-state index contributed by atoms with van der Waals surface area (Å²) in [5.74, 6) is -1.29. The van der Waals surface area contributed by atoms with Crippen LogP contribution in [0.1, 0.15) is 57.1 Å². The van der Waals surface area contributed by atoms with E-state index in [1.54, 1.807) is 0 Å². The summed E-state index contributed by atoms with van der Waals surface area (Å²) in [6.07, 6.45) is 4.53. The Morgan fingerprint density at radius 3 is 2.23 bits per heavy atom. The maximum Gasteiger partial charge on any atom is 0.306 e. The van der Waals surface area contributed by atoms with Gasteiger partial charge in [0.2, 0.25) is 11.8 Å². The predicted molar refractivity (Wildman–Crippen MR) is 97.4 cm³/mol. The molecule has 2 saturated carbocycles. The summed E-state index contributed by atoms with van der Waals surface area (Å²) in [4.78, 5) is 35.4. The molecule has 0 radical (unpaired) electrons. The summed E-state index contributed by atoms with van der Waals surface area (Å²) in [6.45, 7) is 1.91. The van der Waals surface area contributed by atoms with Gasteiger partial charge in [0.15, 0.2) is 0 Å². The number of carbonyl (C=O) groups excluding carboxylic acids is 2. The van der Waals surface area contributed by atoms with Gasteiger partial charge >= 0.3 is 5.97 Å². The van der Waals surface area contributed by atoms with Crippen molar-refractivity contribution in [2.75, 3.05) is 5.32 Å². The number of benzene rings is 1. The molecule has 140 valence electrons. The molecule has 0 heterocycles. The van der Waals surface area contributed by atoms with Crippen molar-refractivity contribution in [2.24, 2.45) is 17.8 Å². The standard InChI is InChI=1S/C20H26N2O4/c1-12(21-19(24)15-3-2-4-16(11-15)20(25)26)13-7-9-17(10-8-13)22-18(23)14-5-6-14/h7-10,12,14-16H,2-6,11H2,1H3,(H,21,24)(H,22,23)(H,25,26). The lowest BCUT2D eigenvalue weighted by molar-refractivity contribution is -0.144. The monoisotopic (exact) mass is 358 g/mol. The molecule has 2 amide bonds. The molecule has 6 nitrogen and oxygen atoms in total. The lowest BCUT2D eigenvalue weighted by Gasteiger charge is -2.27. The van der Waals surface area contributed by atoms with Crippen LogP contribution < -0.4 is 10.6 Å². The zero-order valence-corrected chi connectivity index (χ0v) is 15.0. The first-order chi connectivity index (χ1) is 12.4. The molecule has 2 fully saturated rings. The van der Waals surface area contributed by atoms with Gasteiger partial charge in [-0.15, -0.1) is 0 Å². The van der Waals surface area contributed by atoms with E-state index >= 15 is 0 Å². The second-order valence-corrected chi connectivity index (χ2v) is 7.51. The maximum absolute atomic E-state index is 12.5. The SMILES string of the molecule is CC(NC(=O)C1CCCC(C(=O)O)C1)c1ccc(NC(=O)C2CC2)cc1. The van der Waals surface area contributed by atoms with E-state index in [-0.39, 0.29) is 29.7 Å². The second kappa shape index (κ2) is 7.89. The maximum atomic E-state index is 12.5. The van der Waals surface area contributed by atoms with Crippen LogP contribution >= 0.6 is 0 Å². The molecule has 3 atom stereocenters. The summed E-state index contributed by atoms with van der Waals surface area (Å²) in [7, 11) is 0. The van der Waals surface area contributed by atoms with Crippen molar-refractivity contribution < 1.29 is 19.5 Å². The molecule has 1 aromatic rings. The van der Waals surface area contributed by atoms with E-state index in [9.17, 15) is 14.4 Å². The Bertz CT molecular complexity index is 682. The number of aliphatic carboxylic acids is 1. The van der Waals surface area contributed by atoms with Gasteiger partial charge in [0.25, 0.3) is 0 Å². The summed E-state index contributed by atoms with van der Waals surface area (Å²) >= 11 is 0. The van der Waals surface area contributed by atoms with Crippen LogP contribution in [0.4, 0.5) is 5.69 Å². The third-order valence-corrected chi connectivity index (χ3v) is 5.38. The van der Waals surface area contributed by atoms with Crippen LogP contribution in [0.5, 0.6) is 0 Å². The summed E-state index contributed by atoms with van der Waals surface area (Å²) in [5.41, 5.74) is 1.72. The van der Waals surface area contributed by atoms with Gasteiger partial charge in [0, 0.05) is 17.5 Å². The lowest BCUT2D eigenvalue weighted by atomic mass is 9.81. The molecule has 0 saturated heterocycles. The molecule has 3 N–H and O–H groups in total. The molecule has 3 unspecified atom stereocenters. The zero-order valence-electron chi connectivity index (χ0n) is 15.0. The Morgan fingerprint density at radius 1 is 0.962 bits per heavy atom. The molecule has 0 aliphatic heterocycles. The highest BCUT2D eigenvalue weighted by atomic mass is 16.4. The Kier molecular flexibility index (Phi) is 5.59. The molecular formula is C20H26N2O4. The third kappa shape index (κ3) is 4.62. The van der Waals surface area contributed by atoms with E-state index in [0.29, 0.717) is 12.8 Å². The van der Waals surface area contributed by atoms with E-state index < -0.39 is 11.9 Å². The molecular weight excluding hydrogens is 332 g/mol. The first-order valence-corrected chi connectivity index (χ1v) is 9.38. The van der Waals surface area contributed by atoms with Crippen LogP contribution in [-0.2, 0) is 14.4 Å². The average Bonchev–Trinajstić information content (AvgIpc) is 3.47. The van der Waals surface area contributed by atoms with Crippen molar-refractivity contribution in [3.63, 3.8) is 0 Å². The number of hydrogen-bond acceptors (Lipinski definition) is 3. The number of carboxylic acids is 1. The van der Waals surface area contributed by atoms with Crippen LogP contribution in [-0.4, -0.2) is 22.9 Å². The molecule has 0 spiro atoms. The largest absolute Gasteiger partial charge is 0.481 e. The Labute approximate surface area is 153 Å². The van der Waals surface area contributed by atoms with Gasteiger partial charge in [0.05, 0.1) is 12.0 Å². The number of carbonyl (C=O) groups is 3. The predicted octanol–water partition coefficient (Wildman–Crippen LogP) is 3.10. The first kappa shape index (κ1) is 18.4. The smallest absolute Gasteiger partial charge is 0.306 e. The van der Waals surface area contributed by atoms with E-state index in [2.05, 4.69) is 10.6 Å². The highest BCUT2D eigenvalue weighted by Gasteiger charge is 2.31. The van der Waals surface area contributed by atoms with Crippen molar-refractivity contribution in [3.8, 4) is 0 Å². The molecule has 1 aromatic carbocycles. The number of carboxylic acid groups (broad SMARTS) is 1. The first-order valence-electron chi connectivity index (χ1n) is 9.38. The van der Waals surface area contributed by atoms with Gasteiger partial charge in [-0.2, -0.15) is 0 Å². The fourth-order valence-electron chi connectivity index (χ4n) is 3.51. The molecule has 2 aliphatic carbocycles. The summed E-state index contributed by atoms with van der Waals surface area (Å²) in [6, 6.07) is 7.32. The minimum atomic E-state index is -0.806. The van der Waals surface area contributed by atoms with E-state index in [0.717, 1.165) is 36.9 Å². The van der Waals surface area contributed by atoms with E-state index in [1.165, 1.54) is 0 Å². The van der Waals surface area contributed by atoms with Crippen LogP contribution in [0.25, 0.3) is 0 Å². The van der Waals surface area contributed by atoms with Gasteiger partial charge in [-0.3, -0.25) is 14.4 Å². The van der Waals surface area contributed by atoms with Gasteiger partial charge in [-0.25, -0.2) is 0 Å². The second-order valence-electron chi connectivity index (χ2n) is 7.51. The number of anilines is 1. The number of rotatable bonds is 6. The van der Waals surface area contributed by atoms with Crippen molar-refractivity contribution >= 4 is 23.5 Å². The minimum absolute atomic E-state index is 0.0735. The quantitative estimate of drug-likeness (QED) is 0.728. The number of amides is 2.